The number of carbonyl (C=O) groups excluding carboxylic acids is 1. The number of ether oxygens (including phenoxy) is 1. The van der Waals surface area contributed by atoms with Crippen LogP contribution in [0, 0.1) is 0 Å². The highest BCUT2D eigenvalue weighted by molar-refractivity contribution is 5.93. The fourth-order valence-corrected chi connectivity index (χ4v) is 1.99. The molecule has 0 N–H and O–H groups in total. The van der Waals surface area contributed by atoms with Crippen LogP contribution in [-0.4, -0.2) is 5.97 Å². The Labute approximate surface area is 126 Å². The Balaban J connectivity index is 2.17. The van der Waals surface area contributed by atoms with Crippen molar-refractivity contribution in [3.8, 4) is 0 Å². The van der Waals surface area contributed by atoms with E-state index in [9.17, 15) is 4.79 Å². The topological polar surface area (TPSA) is 26.3 Å². The summed E-state index contributed by atoms with van der Waals surface area (Å²) < 4.78 is 5.59. The first-order chi connectivity index (χ1) is 10.3. The van der Waals surface area contributed by atoms with Crippen LogP contribution in [0.2, 0.25) is 0 Å². The zero-order chi connectivity index (χ0) is 14.9. The van der Waals surface area contributed by atoms with Gasteiger partial charge in [0.05, 0.1) is 5.56 Å². The van der Waals surface area contributed by atoms with Gasteiger partial charge in [-0.2, -0.15) is 0 Å². The van der Waals surface area contributed by atoms with Crippen LogP contribution in [0.5, 0.6) is 0 Å². The molecule has 0 aliphatic heterocycles. The minimum Gasteiger partial charge on any atom is -0.423 e. The Morgan fingerprint density at radius 3 is 2.10 bits per heavy atom. The molecule has 2 aromatic carbocycles. The molecule has 0 aliphatic rings. The van der Waals surface area contributed by atoms with Gasteiger partial charge in [-0.3, -0.25) is 0 Å². The molecule has 2 rings (SSSR count). The summed E-state index contributed by atoms with van der Waals surface area (Å²) in [5.74, 6) is 0.320. The lowest BCUT2D eigenvalue weighted by molar-refractivity contribution is 0.0691. The molecule has 2 heteroatoms. The fraction of sp³-hybridized carbons (Fsp3) is 0.211. The van der Waals surface area contributed by atoms with Gasteiger partial charge in [0, 0.05) is 5.56 Å². The summed E-state index contributed by atoms with van der Waals surface area (Å²) in [6, 6.07) is 18.8. The highest BCUT2D eigenvalue weighted by Crippen LogP contribution is 2.19. The van der Waals surface area contributed by atoms with E-state index in [4.69, 9.17) is 4.74 Å². The largest absolute Gasteiger partial charge is 0.423 e. The van der Waals surface area contributed by atoms with Gasteiger partial charge in [-0.25, -0.2) is 4.79 Å². The van der Waals surface area contributed by atoms with Gasteiger partial charge in [0.25, 0.3) is 0 Å². The normalized spacial score (nSPS) is 11.2. The zero-order valence-electron chi connectivity index (χ0n) is 12.3. The van der Waals surface area contributed by atoms with E-state index in [0.29, 0.717) is 11.3 Å². The predicted molar refractivity (Wildman–Crippen MR) is 85.8 cm³/mol. The number of benzene rings is 2. The van der Waals surface area contributed by atoms with E-state index in [-0.39, 0.29) is 5.97 Å². The van der Waals surface area contributed by atoms with E-state index in [1.54, 1.807) is 12.1 Å². The molecular formula is C19H20O2. The van der Waals surface area contributed by atoms with E-state index in [1.165, 1.54) is 0 Å². The van der Waals surface area contributed by atoms with Crippen molar-refractivity contribution < 1.29 is 9.53 Å². The van der Waals surface area contributed by atoms with Gasteiger partial charge in [-0.1, -0.05) is 61.9 Å². The molecule has 0 unspecified atom stereocenters. The monoisotopic (exact) mass is 280 g/mol. The van der Waals surface area contributed by atoms with E-state index in [1.807, 2.05) is 54.6 Å². The molecule has 21 heavy (non-hydrogen) atoms. The average molecular weight is 280 g/mol. The summed E-state index contributed by atoms with van der Waals surface area (Å²) in [5, 5.41) is 0. The first kappa shape index (κ1) is 15.0. The number of rotatable bonds is 6. The molecule has 2 aromatic rings. The van der Waals surface area contributed by atoms with Gasteiger partial charge in [-0.05, 0) is 31.1 Å². The SMILES string of the molecule is CCCC/C=C(/OC(=O)c1ccccc1)c1ccccc1. The minimum atomic E-state index is -0.317. The fourth-order valence-electron chi connectivity index (χ4n) is 1.99. The molecule has 0 fully saturated rings. The Kier molecular flexibility index (Phi) is 5.77. The van der Waals surface area contributed by atoms with Gasteiger partial charge in [-0.15, -0.1) is 0 Å². The third-order valence-electron chi connectivity index (χ3n) is 3.16. The first-order valence-electron chi connectivity index (χ1n) is 7.34. The van der Waals surface area contributed by atoms with Gasteiger partial charge < -0.3 is 4.74 Å². The second-order valence-corrected chi connectivity index (χ2v) is 4.83. The number of allylic oxidation sites excluding steroid dienone is 1. The first-order valence-corrected chi connectivity index (χ1v) is 7.34. The van der Waals surface area contributed by atoms with Crippen molar-refractivity contribution in [1.82, 2.24) is 0 Å². The van der Waals surface area contributed by atoms with Crippen LogP contribution in [0.3, 0.4) is 0 Å². The maximum Gasteiger partial charge on any atom is 0.343 e. The van der Waals surface area contributed by atoms with Crippen molar-refractivity contribution in [2.45, 2.75) is 26.2 Å². The van der Waals surface area contributed by atoms with Crippen molar-refractivity contribution >= 4 is 11.7 Å². The zero-order valence-corrected chi connectivity index (χ0v) is 12.3. The third kappa shape index (κ3) is 4.60. The van der Waals surface area contributed by atoms with Gasteiger partial charge in [0.1, 0.15) is 5.76 Å². The van der Waals surface area contributed by atoms with Crippen molar-refractivity contribution in [3.63, 3.8) is 0 Å². The molecule has 0 saturated carbocycles. The van der Waals surface area contributed by atoms with Gasteiger partial charge >= 0.3 is 5.97 Å². The van der Waals surface area contributed by atoms with Crippen molar-refractivity contribution in [3.05, 3.63) is 77.9 Å². The summed E-state index contributed by atoms with van der Waals surface area (Å²) in [7, 11) is 0. The maximum absolute atomic E-state index is 12.2. The molecular weight excluding hydrogens is 260 g/mol. The lowest BCUT2D eigenvalue weighted by Crippen LogP contribution is -2.04. The second kappa shape index (κ2) is 8.05. The van der Waals surface area contributed by atoms with Crippen LogP contribution in [0.15, 0.2) is 66.7 Å². The smallest absolute Gasteiger partial charge is 0.343 e. The number of hydrogen-bond donors (Lipinski definition) is 0. The van der Waals surface area contributed by atoms with Gasteiger partial charge in [0.15, 0.2) is 0 Å². The third-order valence-corrected chi connectivity index (χ3v) is 3.16. The Morgan fingerprint density at radius 2 is 1.52 bits per heavy atom. The summed E-state index contributed by atoms with van der Waals surface area (Å²) in [6.07, 6.45) is 5.10. The molecule has 0 radical (unpaired) electrons. The second-order valence-electron chi connectivity index (χ2n) is 4.83. The molecule has 2 nitrogen and oxygen atoms in total. The molecule has 0 heterocycles. The van der Waals surface area contributed by atoms with Crippen LogP contribution in [-0.2, 0) is 4.74 Å². The van der Waals surface area contributed by atoms with Crippen molar-refractivity contribution in [2.75, 3.05) is 0 Å². The molecule has 0 aromatic heterocycles. The van der Waals surface area contributed by atoms with E-state index in [0.717, 1.165) is 24.8 Å². The molecule has 0 amide bonds. The number of esters is 1. The van der Waals surface area contributed by atoms with Crippen molar-refractivity contribution in [2.24, 2.45) is 0 Å². The lowest BCUT2D eigenvalue weighted by atomic mass is 10.1. The maximum atomic E-state index is 12.2. The van der Waals surface area contributed by atoms with E-state index >= 15 is 0 Å². The van der Waals surface area contributed by atoms with Crippen LogP contribution in [0.4, 0.5) is 0 Å². The summed E-state index contributed by atoms with van der Waals surface area (Å²) in [5.41, 5.74) is 1.49. The van der Waals surface area contributed by atoms with Crippen molar-refractivity contribution in [1.29, 1.82) is 0 Å². The number of carbonyl (C=O) groups is 1. The minimum absolute atomic E-state index is 0.317. The molecule has 108 valence electrons. The molecule has 0 saturated heterocycles. The Morgan fingerprint density at radius 1 is 0.952 bits per heavy atom. The Hall–Kier alpha value is -2.35. The number of unbranched alkanes of at least 4 members (excludes halogenated alkanes) is 2. The lowest BCUT2D eigenvalue weighted by Gasteiger charge is -2.09. The average Bonchev–Trinajstić information content (AvgIpc) is 2.55. The number of hydrogen-bond acceptors (Lipinski definition) is 2. The standard InChI is InChI=1S/C19H20O2/c1-2-3-6-15-18(16-11-7-4-8-12-16)21-19(20)17-13-9-5-10-14-17/h4-5,7-15H,2-3,6H2,1H3/b18-15+. The van der Waals surface area contributed by atoms with Gasteiger partial charge in [0.2, 0.25) is 0 Å². The molecule has 0 bridgehead atoms. The van der Waals surface area contributed by atoms with E-state index in [2.05, 4.69) is 6.92 Å². The molecule has 0 aliphatic carbocycles. The molecule has 0 atom stereocenters. The molecule has 0 spiro atoms. The Bertz CT molecular complexity index is 585. The highest BCUT2D eigenvalue weighted by Gasteiger charge is 2.11. The summed E-state index contributed by atoms with van der Waals surface area (Å²) >= 11 is 0. The highest BCUT2D eigenvalue weighted by atomic mass is 16.5. The van der Waals surface area contributed by atoms with Crippen LogP contribution >= 0.6 is 0 Å². The summed E-state index contributed by atoms with van der Waals surface area (Å²) in [4.78, 5) is 12.2. The quantitative estimate of drug-likeness (QED) is 0.419. The predicted octanol–water partition coefficient (Wildman–Crippen LogP) is 5.07. The summed E-state index contributed by atoms with van der Waals surface area (Å²) in [6.45, 7) is 2.14. The van der Waals surface area contributed by atoms with Crippen LogP contribution in [0.25, 0.3) is 5.76 Å². The van der Waals surface area contributed by atoms with E-state index < -0.39 is 0 Å². The van der Waals surface area contributed by atoms with Crippen LogP contribution in [0.1, 0.15) is 42.1 Å². The van der Waals surface area contributed by atoms with Crippen LogP contribution < -0.4 is 0 Å².